The first-order valence-electron chi connectivity index (χ1n) is 12.0. The van der Waals surface area contributed by atoms with Crippen LogP contribution in [0.15, 0.2) is 66.0 Å². The highest BCUT2D eigenvalue weighted by Crippen LogP contribution is 2.42. The number of aromatic nitrogens is 2. The zero-order chi connectivity index (χ0) is 24.6. The molecule has 35 heavy (non-hydrogen) atoms. The average molecular weight is 495 g/mol. The molecule has 0 amide bonds. The molecule has 0 radical (unpaired) electrons. The van der Waals surface area contributed by atoms with Gasteiger partial charge in [0.1, 0.15) is 6.29 Å². The van der Waals surface area contributed by atoms with Crippen LogP contribution in [0.2, 0.25) is 0 Å². The second-order valence-electron chi connectivity index (χ2n) is 9.56. The smallest absolute Gasteiger partial charge is 0.238 e. The minimum Gasteiger partial charge on any atom is -0.393 e. The van der Waals surface area contributed by atoms with Gasteiger partial charge in [-0.15, -0.1) is 0 Å². The van der Waals surface area contributed by atoms with Gasteiger partial charge in [0, 0.05) is 5.56 Å². The van der Waals surface area contributed by atoms with Gasteiger partial charge >= 0.3 is 0 Å². The number of nitrogens with zero attached hydrogens (tertiary/aromatic N) is 3. The van der Waals surface area contributed by atoms with E-state index < -0.39 is 16.1 Å². The van der Waals surface area contributed by atoms with Gasteiger partial charge in [0.2, 0.25) is 10.0 Å². The topological polar surface area (TPSA) is 119 Å². The normalized spacial score (nSPS) is 20.2. The van der Waals surface area contributed by atoms with Crippen molar-refractivity contribution in [2.75, 3.05) is 13.1 Å². The van der Waals surface area contributed by atoms with Crippen LogP contribution in [-0.2, 0) is 21.2 Å². The molecule has 2 aromatic carbocycles. The first kappa shape index (κ1) is 23.9. The number of fused-ring (bicyclic) bond motifs is 3. The number of likely N-dealkylation sites (tertiary alicyclic amines) is 1. The Morgan fingerprint density at radius 3 is 2.51 bits per heavy atom. The van der Waals surface area contributed by atoms with Crippen LogP contribution in [0, 0.1) is 5.92 Å². The Labute approximate surface area is 205 Å². The van der Waals surface area contributed by atoms with Crippen molar-refractivity contribution in [2.24, 2.45) is 11.1 Å². The van der Waals surface area contributed by atoms with Crippen molar-refractivity contribution >= 4 is 16.3 Å². The molecule has 5 rings (SSSR count). The summed E-state index contributed by atoms with van der Waals surface area (Å²) < 4.78 is 25.1. The molecule has 1 saturated heterocycles. The number of carbonyl (C=O) groups is 1. The average Bonchev–Trinajstić information content (AvgIpc) is 3.45. The molecule has 0 aliphatic carbocycles. The zero-order valence-electron chi connectivity index (χ0n) is 19.4. The number of aliphatic hydroxyl groups excluding tert-OH is 1. The Morgan fingerprint density at radius 1 is 1.11 bits per heavy atom. The van der Waals surface area contributed by atoms with E-state index in [4.69, 9.17) is 5.14 Å². The van der Waals surface area contributed by atoms with Gasteiger partial charge in [0.05, 0.1) is 41.3 Å². The number of rotatable bonds is 8. The molecule has 9 heteroatoms. The Morgan fingerprint density at radius 2 is 1.83 bits per heavy atom. The van der Waals surface area contributed by atoms with E-state index in [2.05, 4.69) is 26.6 Å². The van der Waals surface area contributed by atoms with Crippen LogP contribution in [0.1, 0.15) is 36.4 Å². The molecule has 0 spiro atoms. The van der Waals surface area contributed by atoms with Gasteiger partial charge in [0.25, 0.3) is 0 Å². The Hall–Kier alpha value is -2.85. The van der Waals surface area contributed by atoms with Gasteiger partial charge < -0.3 is 14.5 Å². The Bertz CT molecular complexity index is 1300. The fourth-order valence-corrected chi connectivity index (χ4v) is 6.07. The van der Waals surface area contributed by atoms with Gasteiger partial charge in [-0.05, 0) is 68.0 Å². The molecule has 3 N–H and O–H groups in total. The summed E-state index contributed by atoms with van der Waals surface area (Å²) in [6.45, 7) is 1.47. The predicted octanol–water partition coefficient (Wildman–Crippen LogP) is 2.37. The molecule has 2 aliphatic heterocycles. The van der Waals surface area contributed by atoms with Gasteiger partial charge in [-0.3, -0.25) is 4.90 Å². The van der Waals surface area contributed by atoms with Crippen molar-refractivity contribution in [3.8, 4) is 11.3 Å². The van der Waals surface area contributed by atoms with Crippen molar-refractivity contribution in [2.45, 2.75) is 48.8 Å². The van der Waals surface area contributed by atoms with Gasteiger partial charge in [-0.1, -0.05) is 36.4 Å². The van der Waals surface area contributed by atoms with Crippen LogP contribution in [0.25, 0.3) is 11.3 Å². The molecule has 2 aliphatic rings. The van der Waals surface area contributed by atoms with Crippen LogP contribution < -0.4 is 5.14 Å². The second-order valence-corrected chi connectivity index (χ2v) is 11.1. The Balaban J connectivity index is 1.19. The van der Waals surface area contributed by atoms with E-state index in [1.165, 1.54) is 23.3 Å². The van der Waals surface area contributed by atoms with Crippen LogP contribution in [-0.4, -0.2) is 59.5 Å². The maximum absolute atomic E-state index is 11.9. The molecule has 184 valence electrons. The third kappa shape index (κ3) is 4.81. The second kappa shape index (κ2) is 9.66. The summed E-state index contributed by atoms with van der Waals surface area (Å²) in [5.41, 5.74) is 4.39. The third-order valence-electron chi connectivity index (χ3n) is 7.50. The first-order valence-corrected chi connectivity index (χ1v) is 13.5. The molecule has 3 atom stereocenters. The maximum atomic E-state index is 11.9. The number of nitrogens with two attached hydrogens (primary N) is 1. The lowest BCUT2D eigenvalue weighted by Gasteiger charge is -2.37. The monoisotopic (exact) mass is 494 g/mol. The number of aldehydes is 1. The van der Waals surface area contributed by atoms with Crippen LogP contribution in [0.3, 0.4) is 0 Å². The standard InChI is InChI=1S/C26H30N4O4S/c27-35(33,34)21-7-5-18(6-8-21)13-20(16-31)29-11-9-19(10-12-29)26(32)14-24-22-3-1-2-4-23(22)25-15-28-17-30(24)25/h1-8,15-17,19-20,24,26,32H,9-14H2,(H2,27,33,34). The molecule has 1 fully saturated rings. The van der Waals surface area contributed by atoms with E-state index in [1.54, 1.807) is 12.1 Å². The molecule has 3 aromatic rings. The van der Waals surface area contributed by atoms with Gasteiger partial charge in [-0.25, -0.2) is 18.5 Å². The number of sulfonamides is 1. The number of imidazole rings is 1. The minimum atomic E-state index is -3.74. The summed E-state index contributed by atoms with van der Waals surface area (Å²) in [6, 6.07) is 14.5. The van der Waals surface area contributed by atoms with Crippen molar-refractivity contribution in [3.05, 3.63) is 72.2 Å². The van der Waals surface area contributed by atoms with Crippen molar-refractivity contribution in [1.29, 1.82) is 0 Å². The van der Waals surface area contributed by atoms with Crippen LogP contribution in [0.4, 0.5) is 0 Å². The minimum absolute atomic E-state index is 0.0615. The van der Waals surface area contributed by atoms with E-state index in [9.17, 15) is 18.3 Å². The number of carbonyl (C=O) groups excluding carboxylic acids is 1. The van der Waals surface area contributed by atoms with E-state index in [1.807, 2.05) is 24.7 Å². The molecule has 8 nitrogen and oxygen atoms in total. The fourth-order valence-electron chi connectivity index (χ4n) is 5.55. The number of aliphatic hydroxyl groups is 1. The molecule has 1 aromatic heterocycles. The maximum Gasteiger partial charge on any atom is 0.238 e. The quantitative estimate of drug-likeness (QED) is 0.464. The van der Waals surface area contributed by atoms with Gasteiger partial charge in [-0.2, -0.15) is 0 Å². The van der Waals surface area contributed by atoms with E-state index in [0.29, 0.717) is 12.8 Å². The van der Waals surface area contributed by atoms with Crippen LogP contribution >= 0.6 is 0 Å². The molecular formula is C26H30N4O4S. The van der Waals surface area contributed by atoms with E-state index >= 15 is 0 Å². The largest absolute Gasteiger partial charge is 0.393 e. The number of hydrogen-bond acceptors (Lipinski definition) is 6. The first-order chi connectivity index (χ1) is 16.8. The van der Waals surface area contributed by atoms with Crippen LogP contribution in [0.5, 0.6) is 0 Å². The lowest BCUT2D eigenvalue weighted by atomic mass is 9.86. The molecule has 3 heterocycles. The SMILES string of the molecule is NS(=O)(=O)c1ccc(CC(C=O)N2CCC(C(O)CC3c4ccccc4-c4cncn43)CC2)cc1. The highest BCUT2D eigenvalue weighted by atomic mass is 32.2. The third-order valence-corrected chi connectivity index (χ3v) is 8.43. The van der Waals surface area contributed by atoms with Crippen molar-refractivity contribution in [3.63, 3.8) is 0 Å². The zero-order valence-corrected chi connectivity index (χ0v) is 20.2. The molecular weight excluding hydrogens is 464 g/mol. The number of primary sulfonamides is 1. The lowest BCUT2D eigenvalue weighted by molar-refractivity contribution is -0.113. The predicted molar refractivity (Wildman–Crippen MR) is 132 cm³/mol. The van der Waals surface area contributed by atoms with Crippen molar-refractivity contribution in [1.82, 2.24) is 14.5 Å². The summed E-state index contributed by atoms with van der Waals surface area (Å²) in [5, 5.41) is 16.3. The fraction of sp³-hybridized carbons (Fsp3) is 0.385. The van der Waals surface area contributed by atoms with E-state index in [-0.39, 0.29) is 22.9 Å². The summed E-state index contributed by atoms with van der Waals surface area (Å²) >= 11 is 0. The van der Waals surface area contributed by atoms with Gasteiger partial charge in [0.15, 0.2) is 0 Å². The van der Waals surface area contributed by atoms with E-state index in [0.717, 1.165) is 43.5 Å². The summed E-state index contributed by atoms with van der Waals surface area (Å²) in [7, 11) is -3.74. The Kier molecular flexibility index (Phi) is 6.59. The summed E-state index contributed by atoms with van der Waals surface area (Å²) in [4.78, 5) is 18.4. The van der Waals surface area contributed by atoms with Crippen molar-refractivity contribution < 1.29 is 18.3 Å². The highest BCUT2D eigenvalue weighted by molar-refractivity contribution is 7.89. The molecule has 3 unspecified atom stereocenters. The number of benzene rings is 2. The molecule has 0 saturated carbocycles. The lowest BCUT2D eigenvalue weighted by Crippen LogP contribution is -2.45. The number of piperidine rings is 1. The summed E-state index contributed by atoms with van der Waals surface area (Å²) in [6.07, 6.45) is 7.03. The molecule has 0 bridgehead atoms. The highest BCUT2D eigenvalue weighted by Gasteiger charge is 2.34. The number of hydrogen-bond donors (Lipinski definition) is 2. The summed E-state index contributed by atoms with van der Waals surface area (Å²) in [5.74, 6) is 0.173.